The van der Waals surface area contributed by atoms with Crippen molar-refractivity contribution < 1.29 is 29.0 Å². The highest BCUT2D eigenvalue weighted by atomic mass is 16.4. The van der Waals surface area contributed by atoms with E-state index in [1.807, 2.05) is 0 Å². The summed E-state index contributed by atoms with van der Waals surface area (Å²) >= 11 is 0. The van der Waals surface area contributed by atoms with Gasteiger partial charge in [0, 0.05) is 12.3 Å². The molecule has 0 radical (unpaired) electrons. The van der Waals surface area contributed by atoms with Crippen LogP contribution in [0.25, 0.3) is 0 Å². The summed E-state index contributed by atoms with van der Waals surface area (Å²) in [4.78, 5) is 38.1. The van der Waals surface area contributed by atoms with Crippen LogP contribution >= 0.6 is 0 Å². The fourth-order valence-corrected chi connectivity index (χ4v) is 3.14. The summed E-state index contributed by atoms with van der Waals surface area (Å²) in [6.07, 6.45) is 2.43. The number of imide groups is 1. The molecule has 2 aromatic rings. The number of carboxylic acids is 1. The Morgan fingerprint density at radius 2 is 1.96 bits per heavy atom. The van der Waals surface area contributed by atoms with Gasteiger partial charge in [0.15, 0.2) is 0 Å². The van der Waals surface area contributed by atoms with E-state index in [9.17, 15) is 19.5 Å². The molecule has 0 bridgehead atoms. The van der Waals surface area contributed by atoms with Gasteiger partial charge in [0.1, 0.15) is 11.8 Å². The predicted molar refractivity (Wildman–Crippen MR) is 95.3 cm³/mol. The normalized spacial score (nSPS) is 14.3. The van der Waals surface area contributed by atoms with Gasteiger partial charge in [-0.15, -0.1) is 0 Å². The van der Waals surface area contributed by atoms with E-state index in [1.54, 1.807) is 24.3 Å². The summed E-state index contributed by atoms with van der Waals surface area (Å²) in [6.45, 7) is 0.249. The maximum Gasteiger partial charge on any atom is 0.326 e. The summed E-state index contributed by atoms with van der Waals surface area (Å²) in [5.74, 6) is -1.83. The van der Waals surface area contributed by atoms with E-state index >= 15 is 0 Å². The third kappa shape index (κ3) is 3.70. The highest BCUT2D eigenvalue weighted by Gasteiger charge is 2.43. The number of fused-ring (bicyclic) bond motifs is 1. The molecule has 2 amide bonds. The maximum absolute atomic E-state index is 12.9. The number of unbranched alkanes of at least 4 members (excludes halogenated alkanes) is 1. The first-order valence-electron chi connectivity index (χ1n) is 8.65. The summed E-state index contributed by atoms with van der Waals surface area (Å²) in [7, 11) is 0. The van der Waals surface area contributed by atoms with Crippen molar-refractivity contribution in [3.8, 4) is 0 Å². The number of carboxylic acid groups (broad SMARTS) is 1. The van der Waals surface area contributed by atoms with Crippen molar-refractivity contribution in [2.24, 2.45) is 0 Å². The second kappa shape index (κ2) is 8.05. The maximum atomic E-state index is 12.9. The Labute approximate surface area is 155 Å². The van der Waals surface area contributed by atoms with E-state index in [2.05, 4.69) is 5.32 Å². The lowest BCUT2D eigenvalue weighted by Gasteiger charge is -2.22. The molecule has 1 atom stereocenters. The molecule has 142 valence electrons. The molecule has 1 aromatic heterocycles. The number of nitrogens with zero attached hydrogens (tertiary/aromatic N) is 1. The van der Waals surface area contributed by atoms with Gasteiger partial charge in [-0.3, -0.25) is 14.5 Å². The van der Waals surface area contributed by atoms with Crippen LogP contribution in [0.15, 0.2) is 41.0 Å². The van der Waals surface area contributed by atoms with Gasteiger partial charge in [0.2, 0.25) is 0 Å². The summed E-state index contributed by atoms with van der Waals surface area (Å²) < 4.78 is 5.25. The van der Waals surface area contributed by atoms with Gasteiger partial charge in [0.25, 0.3) is 11.8 Å². The number of hydrogen-bond acceptors (Lipinski definition) is 6. The number of rotatable bonds is 9. The van der Waals surface area contributed by atoms with Crippen LogP contribution in [0.2, 0.25) is 0 Å². The third-order valence-corrected chi connectivity index (χ3v) is 4.46. The third-order valence-electron chi connectivity index (χ3n) is 4.46. The Hall–Kier alpha value is -3.13. The van der Waals surface area contributed by atoms with E-state index in [0.29, 0.717) is 30.8 Å². The van der Waals surface area contributed by atoms with Crippen molar-refractivity contribution in [3.63, 3.8) is 0 Å². The molecule has 1 aromatic carbocycles. The van der Waals surface area contributed by atoms with Gasteiger partial charge in [0.05, 0.1) is 23.9 Å². The van der Waals surface area contributed by atoms with Crippen LogP contribution in [0, 0.1) is 0 Å². The minimum atomic E-state index is -1.26. The average molecular weight is 372 g/mol. The molecular formula is C19H20N2O6. The van der Waals surface area contributed by atoms with Crippen LogP contribution < -0.4 is 5.32 Å². The second-order valence-corrected chi connectivity index (χ2v) is 6.21. The van der Waals surface area contributed by atoms with E-state index in [0.717, 1.165) is 4.90 Å². The first kappa shape index (κ1) is 18.7. The quantitative estimate of drug-likeness (QED) is 0.455. The first-order valence-corrected chi connectivity index (χ1v) is 8.65. The fraction of sp³-hybridized carbons (Fsp3) is 0.316. The first-order chi connectivity index (χ1) is 13.0. The number of carbonyl (C=O) groups excluding carboxylic acids is 2. The van der Waals surface area contributed by atoms with Gasteiger partial charge in [-0.25, -0.2) is 4.79 Å². The lowest BCUT2D eigenvalue weighted by Crippen LogP contribution is -2.44. The number of aliphatic carboxylic acids is 1. The Morgan fingerprint density at radius 3 is 2.63 bits per heavy atom. The van der Waals surface area contributed by atoms with E-state index in [1.165, 1.54) is 12.3 Å². The lowest BCUT2D eigenvalue weighted by atomic mass is 10.1. The Morgan fingerprint density at radius 1 is 1.15 bits per heavy atom. The smallest absolute Gasteiger partial charge is 0.326 e. The van der Waals surface area contributed by atoms with Gasteiger partial charge < -0.3 is 19.9 Å². The van der Waals surface area contributed by atoms with Crippen molar-refractivity contribution in [2.45, 2.75) is 31.8 Å². The van der Waals surface area contributed by atoms with Crippen molar-refractivity contribution in [2.75, 3.05) is 11.9 Å². The molecule has 0 aliphatic carbocycles. The molecule has 27 heavy (non-hydrogen) atoms. The van der Waals surface area contributed by atoms with Crippen LogP contribution in [-0.2, 0) is 11.3 Å². The zero-order chi connectivity index (χ0) is 19.4. The Bertz CT molecular complexity index is 846. The monoisotopic (exact) mass is 372 g/mol. The highest BCUT2D eigenvalue weighted by Crippen LogP contribution is 2.32. The van der Waals surface area contributed by atoms with Crippen LogP contribution in [0.5, 0.6) is 0 Å². The average Bonchev–Trinajstić information content (AvgIpc) is 3.25. The van der Waals surface area contributed by atoms with Gasteiger partial charge in [-0.2, -0.15) is 0 Å². The number of hydrogen-bond donors (Lipinski definition) is 3. The minimum absolute atomic E-state index is 0.0741. The number of carbonyl (C=O) groups is 3. The Balaban J connectivity index is 1.85. The van der Waals surface area contributed by atoms with Crippen LogP contribution in [0.4, 0.5) is 5.69 Å². The molecule has 3 rings (SSSR count). The standard InChI is InChI=1S/C19H20N2O6/c22-9-2-1-8-15(19(25)26)21-17(23)13-6-3-7-14(16(13)18(21)24)20-11-12-5-4-10-27-12/h3-7,10,15,20,22H,1-2,8-9,11H2,(H,25,26). The number of benzene rings is 1. The van der Waals surface area contributed by atoms with E-state index in [-0.39, 0.29) is 24.2 Å². The molecule has 1 aliphatic rings. The topological polar surface area (TPSA) is 120 Å². The molecule has 3 N–H and O–H groups in total. The molecule has 0 saturated carbocycles. The molecule has 0 spiro atoms. The fourth-order valence-electron chi connectivity index (χ4n) is 3.14. The number of aliphatic hydroxyl groups excluding tert-OH is 1. The van der Waals surface area contributed by atoms with Crippen molar-refractivity contribution >= 4 is 23.5 Å². The van der Waals surface area contributed by atoms with Crippen molar-refractivity contribution in [1.29, 1.82) is 0 Å². The van der Waals surface area contributed by atoms with Crippen LogP contribution in [-0.4, -0.2) is 45.5 Å². The molecule has 1 unspecified atom stereocenters. The summed E-state index contributed by atoms with van der Waals surface area (Å²) in [5.41, 5.74) is 0.796. The molecule has 0 fully saturated rings. The number of aliphatic hydroxyl groups is 1. The summed E-state index contributed by atoms with van der Waals surface area (Å²) in [5, 5.41) is 21.5. The molecule has 8 nitrogen and oxygen atoms in total. The molecule has 1 aliphatic heterocycles. The summed E-state index contributed by atoms with van der Waals surface area (Å²) in [6, 6.07) is 7.07. The second-order valence-electron chi connectivity index (χ2n) is 6.21. The number of nitrogens with one attached hydrogen (secondary N) is 1. The Kier molecular flexibility index (Phi) is 5.56. The zero-order valence-corrected chi connectivity index (χ0v) is 14.6. The minimum Gasteiger partial charge on any atom is -0.480 e. The lowest BCUT2D eigenvalue weighted by molar-refractivity contribution is -0.141. The van der Waals surface area contributed by atoms with Gasteiger partial charge in [-0.05, 0) is 43.5 Å². The number of anilines is 1. The van der Waals surface area contributed by atoms with Gasteiger partial charge >= 0.3 is 5.97 Å². The highest BCUT2D eigenvalue weighted by molar-refractivity contribution is 6.24. The van der Waals surface area contributed by atoms with Crippen LogP contribution in [0.1, 0.15) is 45.7 Å². The van der Waals surface area contributed by atoms with Crippen molar-refractivity contribution in [1.82, 2.24) is 4.90 Å². The molecule has 0 saturated heterocycles. The number of amides is 2. The molecule has 2 heterocycles. The van der Waals surface area contributed by atoms with Crippen LogP contribution in [0.3, 0.4) is 0 Å². The van der Waals surface area contributed by atoms with Gasteiger partial charge in [-0.1, -0.05) is 6.07 Å². The van der Waals surface area contributed by atoms with E-state index in [4.69, 9.17) is 9.52 Å². The molecular weight excluding hydrogens is 352 g/mol. The van der Waals surface area contributed by atoms with E-state index < -0.39 is 23.8 Å². The van der Waals surface area contributed by atoms with Crippen molar-refractivity contribution in [3.05, 3.63) is 53.5 Å². The molecule has 8 heteroatoms. The number of furan rings is 1. The largest absolute Gasteiger partial charge is 0.480 e. The SMILES string of the molecule is O=C(O)C(CCCCO)N1C(=O)c2cccc(NCc3ccco3)c2C1=O. The zero-order valence-electron chi connectivity index (χ0n) is 14.6. The predicted octanol–water partition coefficient (Wildman–Crippen LogP) is 2.10.